The molecule has 3 rings (SSSR count). The minimum absolute atomic E-state index is 0.412. The molecule has 124 valence electrons. The van der Waals surface area contributed by atoms with Crippen molar-refractivity contribution in [3.63, 3.8) is 0 Å². The number of hydrogen-bond donors (Lipinski definition) is 1. The van der Waals surface area contributed by atoms with E-state index >= 15 is 0 Å². The first-order chi connectivity index (χ1) is 11.0. The average molecular weight is 350 g/mol. The largest absolute Gasteiger partial charge is 0.331 e. The summed E-state index contributed by atoms with van der Waals surface area (Å²) < 4.78 is 3.00. The Morgan fingerprint density at radius 1 is 1.39 bits per heavy atom. The molecule has 1 aliphatic rings. The molecule has 2 aromatic rings. The summed E-state index contributed by atoms with van der Waals surface area (Å²) >= 11 is 12.0. The summed E-state index contributed by atoms with van der Waals surface area (Å²) in [5, 5.41) is 0.828. The van der Waals surface area contributed by atoms with Gasteiger partial charge < -0.3 is 9.55 Å². The number of nitrogens with one attached hydrogen (secondary N) is 1. The number of aromatic nitrogens is 2. The molecule has 1 aliphatic heterocycles. The van der Waals surface area contributed by atoms with Crippen molar-refractivity contribution >= 4 is 34.9 Å². The molecular weight excluding hydrogens is 326 g/mol. The molecule has 0 bridgehead atoms. The second-order valence-electron chi connectivity index (χ2n) is 6.31. The van der Waals surface area contributed by atoms with Crippen molar-refractivity contribution in [3.8, 4) is 0 Å². The number of allylic oxidation sites excluding steroid dienone is 1. The Morgan fingerprint density at radius 2 is 2.13 bits per heavy atom. The van der Waals surface area contributed by atoms with E-state index in [9.17, 15) is 0 Å². The van der Waals surface area contributed by atoms with E-state index in [1.54, 1.807) is 0 Å². The Morgan fingerprint density at radius 3 is 2.83 bits per heavy atom. The number of halogens is 1. The van der Waals surface area contributed by atoms with Crippen LogP contribution < -0.4 is 0 Å². The van der Waals surface area contributed by atoms with Crippen LogP contribution in [-0.2, 0) is 13.1 Å². The number of H-pyrrole nitrogens is 1. The van der Waals surface area contributed by atoms with Gasteiger partial charge in [0.25, 0.3) is 0 Å². The smallest absolute Gasteiger partial charge is 0.178 e. The molecule has 0 fully saturated rings. The molecule has 1 unspecified atom stereocenters. The zero-order valence-corrected chi connectivity index (χ0v) is 15.6. The molecular formula is C18H24ClN3S. The van der Waals surface area contributed by atoms with Crippen LogP contribution in [0.5, 0.6) is 0 Å². The van der Waals surface area contributed by atoms with E-state index in [0.717, 1.165) is 47.8 Å². The van der Waals surface area contributed by atoms with Crippen molar-refractivity contribution in [2.24, 2.45) is 0 Å². The number of rotatable bonds is 4. The molecule has 23 heavy (non-hydrogen) atoms. The molecule has 0 saturated heterocycles. The van der Waals surface area contributed by atoms with Gasteiger partial charge in [0.2, 0.25) is 0 Å². The molecule has 0 radical (unpaired) electrons. The molecule has 3 nitrogen and oxygen atoms in total. The van der Waals surface area contributed by atoms with Crippen LogP contribution >= 0.6 is 23.8 Å². The number of benzene rings is 1. The molecule has 1 atom stereocenters. The van der Waals surface area contributed by atoms with Crippen molar-refractivity contribution in [2.45, 2.75) is 52.7 Å². The van der Waals surface area contributed by atoms with Crippen LogP contribution in [0.15, 0.2) is 23.8 Å². The maximum atomic E-state index is 6.52. The molecule has 2 heterocycles. The summed E-state index contributed by atoms with van der Waals surface area (Å²) in [5.74, 6) is 0. The van der Waals surface area contributed by atoms with E-state index in [4.69, 9.17) is 23.8 Å². The van der Waals surface area contributed by atoms with Crippen LogP contribution in [0, 0.1) is 4.77 Å². The van der Waals surface area contributed by atoms with Gasteiger partial charge >= 0.3 is 0 Å². The average Bonchev–Trinajstić information content (AvgIpc) is 2.75. The lowest BCUT2D eigenvalue weighted by Gasteiger charge is -2.26. The summed E-state index contributed by atoms with van der Waals surface area (Å²) in [6.45, 7) is 9.44. The number of aromatic amines is 1. The first-order valence-electron chi connectivity index (χ1n) is 8.37. The Bertz CT molecular complexity index is 796. The van der Waals surface area contributed by atoms with E-state index in [1.165, 1.54) is 16.7 Å². The summed E-state index contributed by atoms with van der Waals surface area (Å²) in [6, 6.07) is 4.41. The van der Waals surface area contributed by atoms with Crippen molar-refractivity contribution in [1.29, 1.82) is 0 Å². The zero-order chi connectivity index (χ0) is 16.6. The van der Waals surface area contributed by atoms with E-state index in [2.05, 4.69) is 41.3 Å². The third-order valence-corrected chi connectivity index (χ3v) is 5.61. The van der Waals surface area contributed by atoms with E-state index < -0.39 is 0 Å². The summed E-state index contributed by atoms with van der Waals surface area (Å²) in [5.41, 5.74) is 4.96. The lowest BCUT2D eigenvalue weighted by atomic mass is 10.1. The first-order valence-corrected chi connectivity index (χ1v) is 9.15. The van der Waals surface area contributed by atoms with Crippen LogP contribution in [0.2, 0.25) is 5.02 Å². The van der Waals surface area contributed by atoms with Crippen LogP contribution in [0.4, 0.5) is 0 Å². The van der Waals surface area contributed by atoms with Crippen LogP contribution in [0.25, 0.3) is 11.0 Å². The minimum atomic E-state index is 0.412. The highest BCUT2D eigenvalue weighted by Crippen LogP contribution is 2.31. The van der Waals surface area contributed by atoms with Gasteiger partial charge in [-0.15, -0.1) is 0 Å². The fraction of sp³-hybridized carbons (Fsp3) is 0.500. The van der Waals surface area contributed by atoms with Gasteiger partial charge in [-0.05, 0) is 44.1 Å². The SMILES string of the molecule is CCC(=CCN1Cc2c(Cl)ccc3[nH]c(=S)n(c23)CC1C)CC. The van der Waals surface area contributed by atoms with Gasteiger partial charge in [0.1, 0.15) is 0 Å². The maximum Gasteiger partial charge on any atom is 0.178 e. The first kappa shape index (κ1) is 16.7. The van der Waals surface area contributed by atoms with Gasteiger partial charge in [0.05, 0.1) is 11.0 Å². The Hall–Kier alpha value is -1.10. The maximum absolute atomic E-state index is 6.52. The Balaban J connectivity index is 2.01. The van der Waals surface area contributed by atoms with Gasteiger partial charge in [-0.1, -0.05) is 37.1 Å². The molecule has 0 saturated carbocycles. The molecule has 0 aliphatic carbocycles. The molecule has 1 aromatic heterocycles. The molecule has 5 heteroatoms. The Labute approximate surface area is 147 Å². The third-order valence-electron chi connectivity index (χ3n) is 4.94. The fourth-order valence-electron chi connectivity index (χ4n) is 3.40. The standard InChI is InChI=1S/C18H24ClN3S/c1-4-13(5-2)8-9-21-11-14-15(19)6-7-16-17(14)22(10-12(21)3)18(23)20-16/h6-8,12H,4-5,9-11H2,1-3H3,(H,20,23). The van der Waals surface area contributed by atoms with Gasteiger partial charge in [0.15, 0.2) is 4.77 Å². The highest BCUT2D eigenvalue weighted by molar-refractivity contribution is 7.71. The predicted octanol–water partition coefficient (Wildman–Crippen LogP) is 5.30. The van der Waals surface area contributed by atoms with Gasteiger partial charge in [0, 0.05) is 36.3 Å². The molecule has 0 spiro atoms. The summed E-state index contributed by atoms with van der Waals surface area (Å²) in [4.78, 5) is 5.80. The fourth-order valence-corrected chi connectivity index (χ4v) is 3.89. The van der Waals surface area contributed by atoms with Crippen LogP contribution in [-0.4, -0.2) is 27.0 Å². The van der Waals surface area contributed by atoms with Gasteiger partial charge in [-0.2, -0.15) is 0 Å². The third kappa shape index (κ3) is 3.12. The predicted molar refractivity (Wildman–Crippen MR) is 101 cm³/mol. The van der Waals surface area contributed by atoms with Gasteiger partial charge in [-0.3, -0.25) is 4.90 Å². The highest BCUT2D eigenvalue weighted by atomic mass is 35.5. The zero-order valence-electron chi connectivity index (χ0n) is 14.0. The normalized spacial score (nSPS) is 18.2. The van der Waals surface area contributed by atoms with E-state index in [0.29, 0.717) is 6.04 Å². The number of nitrogens with zero attached hydrogens (tertiary/aromatic N) is 2. The number of imidazole rings is 1. The monoisotopic (exact) mass is 349 g/mol. The van der Waals surface area contributed by atoms with Crippen LogP contribution in [0.1, 0.15) is 39.2 Å². The summed E-state index contributed by atoms with van der Waals surface area (Å²) in [7, 11) is 0. The van der Waals surface area contributed by atoms with E-state index in [1.807, 2.05) is 12.1 Å². The molecule has 1 aromatic carbocycles. The second-order valence-corrected chi connectivity index (χ2v) is 7.10. The number of hydrogen-bond acceptors (Lipinski definition) is 2. The van der Waals surface area contributed by atoms with Gasteiger partial charge in [-0.25, -0.2) is 0 Å². The quantitative estimate of drug-likeness (QED) is 0.598. The van der Waals surface area contributed by atoms with Crippen molar-refractivity contribution < 1.29 is 0 Å². The van der Waals surface area contributed by atoms with E-state index in [-0.39, 0.29) is 0 Å². The molecule has 0 amide bonds. The van der Waals surface area contributed by atoms with Crippen molar-refractivity contribution in [1.82, 2.24) is 14.5 Å². The highest BCUT2D eigenvalue weighted by Gasteiger charge is 2.24. The van der Waals surface area contributed by atoms with Crippen LogP contribution in [0.3, 0.4) is 0 Å². The topological polar surface area (TPSA) is 24.0 Å². The van der Waals surface area contributed by atoms with Crippen molar-refractivity contribution in [2.75, 3.05) is 6.54 Å². The Kier molecular flexibility index (Phi) is 4.95. The summed E-state index contributed by atoms with van der Waals surface area (Å²) in [6.07, 6.45) is 4.63. The lowest BCUT2D eigenvalue weighted by Crippen LogP contribution is -2.34. The lowest BCUT2D eigenvalue weighted by molar-refractivity contribution is 0.210. The molecule has 1 N–H and O–H groups in total. The minimum Gasteiger partial charge on any atom is -0.331 e. The van der Waals surface area contributed by atoms with Crippen molar-refractivity contribution in [3.05, 3.63) is 39.1 Å². The second kappa shape index (κ2) is 6.80.